The number of nitrogens with one attached hydrogen (secondary N) is 2. The van der Waals surface area contributed by atoms with E-state index < -0.39 is 0 Å². The van der Waals surface area contributed by atoms with Crippen LogP contribution in [0.25, 0.3) is 0 Å². The Balaban J connectivity index is 2.80. The van der Waals surface area contributed by atoms with E-state index in [1.165, 1.54) is 0 Å². The van der Waals surface area contributed by atoms with E-state index >= 15 is 0 Å². The molecule has 1 atom stereocenters. The summed E-state index contributed by atoms with van der Waals surface area (Å²) in [7, 11) is 0. The van der Waals surface area contributed by atoms with Gasteiger partial charge in [0.25, 0.3) is 0 Å². The fraction of sp³-hybridized carbons (Fsp3) is 1.00. The van der Waals surface area contributed by atoms with Crippen molar-refractivity contribution in [2.75, 3.05) is 32.7 Å². The van der Waals surface area contributed by atoms with Gasteiger partial charge in [-0.2, -0.15) is 0 Å². The summed E-state index contributed by atoms with van der Waals surface area (Å²) in [5.74, 6) is 0. The van der Waals surface area contributed by atoms with Gasteiger partial charge in [-0.1, -0.05) is 0 Å². The summed E-state index contributed by atoms with van der Waals surface area (Å²) in [4.78, 5) is 0. The molecule has 0 amide bonds. The van der Waals surface area contributed by atoms with Crippen molar-refractivity contribution in [2.24, 2.45) is 11.5 Å². The zero-order valence-corrected chi connectivity index (χ0v) is 7.27. The maximum atomic E-state index is 5.53. The average Bonchev–Trinajstić information content (AvgIpc) is 1.96. The smallest absolute Gasteiger partial charge is 0.0136 e. The van der Waals surface area contributed by atoms with Gasteiger partial charge in [-0.15, -0.1) is 0 Å². The van der Waals surface area contributed by atoms with Gasteiger partial charge < -0.3 is 22.1 Å². The molecule has 68 valence electrons. The molecule has 0 aromatic rings. The number of hydrogen-bond acceptors (Lipinski definition) is 4. The van der Waals surface area contributed by atoms with Gasteiger partial charge in [0, 0.05) is 38.8 Å². The van der Waals surface area contributed by atoms with Crippen LogP contribution in [0, 0.1) is 0 Å². The van der Waals surface area contributed by atoms with E-state index in [0.717, 1.165) is 26.2 Å². The van der Waals surface area contributed by atoms with E-state index in [1.807, 2.05) is 6.92 Å². The Labute approximate surface area is 68.7 Å². The van der Waals surface area contributed by atoms with Crippen molar-refractivity contribution in [3.63, 3.8) is 0 Å². The molecule has 0 radical (unpaired) electrons. The number of hydrogen-bond donors (Lipinski definition) is 4. The lowest BCUT2D eigenvalue weighted by Gasteiger charge is -2.07. The summed E-state index contributed by atoms with van der Waals surface area (Å²) in [6, 6.07) is 0.240. The summed E-state index contributed by atoms with van der Waals surface area (Å²) in [5.41, 5.74) is 10.8. The molecule has 4 heteroatoms. The first-order valence-electron chi connectivity index (χ1n) is 4.14. The maximum absolute atomic E-state index is 5.53. The van der Waals surface area contributed by atoms with E-state index in [-0.39, 0.29) is 6.04 Å². The summed E-state index contributed by atoms with van der Waals surface area (Å²) in [5, 5.41) is 6.40. The van der Waals surface area contributed by atoms with Gasteiger partial charge in [-0.3, -0.25) is 0 Å². The molecule has 0 saturated carbocycles. The van der Waals surface area contributed by atoms with Gasteiger partial charge in [0.1, 0.15) is 0 Å². The zero-order valence-electron chi connectivity index (χ0n) is 7.27. The molecule has 6 N–H and O–H groups in total. The van der Waals surface area contributed by atoms with Gasteiger partial charge in [-0.25, -0.2) is 0 Å². The first kappa shape index (κ1) is 10.8. The third-order valence-electron chi connectivity index (χ3n) is 1.27. The SMILES string of the molecule is CC(N)CNCCNCCN. The Morgan fingerprint density at radius 1 is 1.18 bits per heavy atom. The molecular formula is C7H20N4. The van der Waals surface area contributed by atoms with Gasteiger partial charge >= 0.3 is 0 Å². The number of nitrogens with two attached hydrogens (primary N) is 2. The topological polar surface area (TPSA) is 76.1 Å². The molecule has 0 aliphatic heterocycles. The molecule has 0 aliphatic carbocycles. The summed E-state index contributed by atoms with van der Waals surface area (Å²) in [6.07, 6.45) is 0. The van der Waals surface area contributed by atoms with Crippen molar-refractivity contribution in [3.8, 4) is 0 Å². The van der Waals surface area contributed by atoms with Gasteiger partial charge in [-0.05, 0) is 6.92 Å². The van der Waals surface area contributed by atoms with Crippen molar-refractivity contribution in [2.45, 2.75) is 13.0 Å². The second-order valence-corrected chi connectivity index (χ2v) is 2.72. The normalized spacial score (nSPS) is 13.4. The van der Waals surface area contributed by atoms with Crippen LogP contribution in [0.3, 0.4) is 0 Å². The van der Waals surface area contributed by atoms with Crippen LogP contribution in [-0.4, -0.2) is 38.8 Å². The summed E-state index contributed by atoms with van der Waals surface area (Å²) >= 11 is 0. The van der Waals surface area contributed by atoms with Crippen molar-refractivity contribution in [1.29, 1.82) is 0 Å². The Morgan fingerprint density at radius 2 is 1.82 bits per heavy atom. The molecule has 0 heterocycles. The van der Waals surface area contributed by atoms with Crippen molar-refractivity contribution >= 4 is 0 Å². The van der Waals surface area contributed by atoms with Gasteiger partial charge in [0.05, 0.1) is 0 Å². The predicted octanol–water partition coefficient (Wildman–Crippen LogP) is -1.53. The first-order valence-corrected chi connectivity index (χ1v) is 4.14. The molecule has 0 rings (SSSR count). The first-order chi connectivity index (χ1) is 5.27. The highest BCUT2D eigenvalue weighted by Gasteiger charge is 1.90. The summed E-state index contributed by atoms with van der Waals surface area (Å²) < 4.78 is 0. The molecule has 0 aliphatic rings. The third-order valence-corrected chi connectivity index (χ3v) is 1.27. The minimum atomic E-state index is 0.240. The van der Waals surface area contributed by atoms with Crippen LogP contribution >= 0.6 is 0 Å². The van der Waals surface area contributed by atoms with Crippen molar-refractivity contribution in [1.82, 2.24) is 10.6 Å². The second-order valence-electron chi connectivity index (χ2n) is 2.72. The maximum Gasteiger partial charge on any atom is 0.0136 e. The third kappa shape index (κ3) is 9.84. The van der Waals surface area contributed by atoms with E-state index in [2.05, 4.69) is 10.6 Å². The molecule has 0 saturated heterocycles. The molecule has 11 heavy (non-hydrogen) atoms. The van der Waals surface area contributed by atoms with Crippen molar-refractivity contribution < 1.29 is 0 Å². The Hall–Kier alpha value is -0.160. The van der Waals surface area contributed by atoms with Crippen LogP contribution < -0.4 is 22.1 Å². The lowest BCUT2D eigenvalue weighted by molar-refractivity contribution is 0.577. The van der Waals surface area contributed by atoms with Gasteiger partial charge in [0.2, 0.25) is 0 Å². The standard InChI is InChI=1S/C7H20N4/c1-7(9)6-11-5-4-10-3-2-8/h7,10-11H,2-6,8-9H2,1H3. The molecular weight excluding hydrogens is 140 g/mol. The zero-order chi connectivity index (χ0) is 8.53. The van der Waals surface area contributed by atoms with E-state index in [0.29, 0.717) is 6.54 Å². The van der Waals surface area contributed by atoms with E-state index in [4.69, 9.17) is 11.5 Å². The van der Waals surface area contributed by atoms with Crippen LogP contribution in [0.5, 0.6) is 0 Å². The van der Waals surface area contributed by atoms with Crippen LogP contribution in [0.15, 0.2) is 0 Å². The van der Waals surface area contributed by atoms with Crippen LogP contribution in [-0.2, 0) is 0 Å². The highest BCUT2D eigenvalue weighted by Crippen LogP contribution is 1.68. The average molecular weight is 160 g/mol. The van der Waals surface area contributed by atoms with Gasteiger partial charge in [0.15, 0.2) is 0 Å². The predicted molar refractivity (Wildman–Crippen MR) is 48.4 cm³/mol. The molecule has 0 aromatic carbocycles. The fourth-order valence-corrected chi connectivity index (χ4v) is 0.734. The minimum Gasteiger partial charge on any atom is -0.329 e. The highest BCUT2D eigenvalue weighted by atomic mass is 15.0. The lowest BCUT2D eigenvalue weighted by Crippen LogP contribution is -2.36. The quantitative estimate of drug-likeness (QED) is 0.341. The Bertz CT molecular complexity index is 74.8. The minimum absolute atomic E-state index is 0.240. The molecule has 1 unspecified atom stereocenters. The highest BCUT2D eigenvalue weighted by molar-refractivity contribution is 4.58. The Morgan fingerprint density at radius 3 is 2.36 bits per heavy atom. The summed E-state index contributed by atoms with van der Waals surface area (Å²) in [6.45, 7) is 6.38. The monoisotopic (exact) mass is 160 g/mol. The fourth-order valence-electron chi connectivity index (χ4n) is 0.734. The van der Waals surface area contributed by atoms with Crippen LogP contribution in [0.2, 0.25) is 0 Å². The number of rotatable bonds is 7. The lowest BCUT2D eigenvalue weighted by atomic mass is 10.3. The largest absolute Gasteiger partial charge is 0.329 e. The molecule has 0 aromatic heterocycles. The molecule has 0 spiro atoms. The van der Waals surface area contributed by atoms with Crippen molar-refractivity contribution in [3.05, 3.63) is 0 Å². The van der Waals surface area contributed by atoms with Crippen LogP contribution in [0.1, 0.15) is 6.92 Å². The van der Waals surface area contributed by atoms with E-state index in [1.54, 1.807) is 0 Å². The molecule has 0 bridgehead atoms. The second kappa shape index (κ2) is 7.94. The van der Waals surface area contributed by atoms with E-state index in [9.17, 15) is 0 Å². The molecule has 4 nitrogen and oxygen atoms in total. The Kier molecular flexibility index (Phi) is 7.83. The van der Waals surface area contributed by atoms with Crippen LogP contribution in [0.4, 0.5) is 0 Å². The molecule has 0 fully saturated rings.